The Kier molecular flexibility index (Phi) is 3.11. The van der Waals surface area contributed by atoms with Crippen molar-refractivity contribution in [1.29, 1.82) is 0 Å². The molecule has 2 aromatic rings. The maximum Gasteiger partial charge on any atom is 0.433 e. The van der Waals surface area contributed by atoms with Crippen molar-refractivity contribution in [3.8, 4) is 0 Å². The van der Waals surface area contributed by atoms with Gasteiger partial charge < -0.3 is 5.32 Å². The number of rotatable bonds is 2. The lowest BCUT2D eigenvalue weighted by molar-refractivity contribution is -0.140. The summed E-state index contributed by atoms with van der Waals surface area (Å²) in [6.45, 7) is 2.19. The molecule has 0 fully saturated rings. The number of hydrogen-bond donors (Lipinski definition) is 1. The Bertz CT molecular complexity index is 578. The van der Waals surface area contributed by atoms with Crippen LogP contribution in [0.3, 0.4) is 0 Å². The second-order valence-electron chi connectivity index (χ2n) is 3.72. The predicted molar refractivity (Wildman–Crippen MR) is 60.9 cm³/mol. The van der Waals surface area contributed by atoms with Gasteiger partial charge in [0.1, 0.15) is 17.0 Å². The van der Waals surface area contributed by atoms with Crippen molar-refractivity contribution >= 4 is 16.6 Å². The molecular weight excluding hydrogens is 248 g/mol. The van der Waals surface area contributed by atoms with Gasteiger partial charge in [-0.3, -0.25) is 0 Å². The van der Waals surface area contributed by atoms with Crippen LogP contribution in [0.5, 0.6) is 0 Å². The van der Waals surface area contributed by atoms with Gasteiger partial charge in [0.15, 0.2) is 0 Å². The number of nitrogens with one attached hydrogen (secondary N) is 1. The number of fused-ring (bicyclic) bond motifs is 1. The third kappa shape index (κ3) is 2.23. The molecule has 1 aromatic carbocycles. The van der Waals surface area contributed by atoms with E-state index in [1.54, 1.807) is 6.92 Å². The zero-order valence-corrected chi connectivity index (χ0v) is 9.48. The molecule has 0 saturated carbocycles. The van der Waals surface area contributed by atoms with Crippen LogP contribution in [0.2, 0.25) is 0 Å². The van der Waals surface area contributed by atoms with Crippen molar-refractivity contribution in [1.82, 2.24) is 4.98 Å². The minimum absolute atomic E-state index is 0.231. The van der Waals surface area contributed by atoms with Gasteiger partial charge in [-0.15, -0.1) is 0 Å². The molecular formula is C12H10F4N2. The monoisotopic (exact) mass is 258 g/mol. The molecule has 1 heterocycles. The summed E-state index contributed by atoms with van der Waals surface area (Å²) >= 11 is 0. The maximum absolute atomic E-state index is 13.5. The summed E-state index contributed by atoms with van der Waals surface area (Å²) < 4.78 is 51.5. The largest absolute Gasteiger partial charge is 0.433 e. The van der Waals surface area contributed by atoms with Crippen LogP contribution < -0.4 is 5.32 Å². The van der Waals surface area contributed by atoms with Gasteiger partial charge in [0.25, 0.3) is 0 Å². The molecule has 0 amide bonds. The molecule has 0 bridgehead atoms. The number of benzene rings is 1. The molecule has 0 unspecified atom stereocenters. The summed E-state index contributed by atoms with van der Waals surface area (Å²) in [6.07, 6.45) is -4.60. The van der Waals surface area contributed by atoms with Crippen molar-refractivity contribution in [2.45, 2.75) is 13.1 Å². The van der Waals surface area contributed by atoms with Crippen LogP contribution in [0.15, 0.2) is 24.3 Å². The Morgan fingerprint density at radius 1 is 1.28 bits per heavy atom. The molecule has 0 saturated heterocycles. The lowest BCUT2D eigenvalue weighted by Crippen LogP contribution is -2.10. The first-order valence-electron chi connectivity index (χ1n) is 5.34. The van der Waals surface area contributed by atoms with Gasteiger partial charge in [-0.1, -0.05) is 12.1 Å². The highest BCUT2D eigenvalue weighted by Gasteiger charge is 2.33. The van der Waals surface area contributed by atoms with E-state index >= 15 is 0 Å². The first-order valence-corrected chi connectivity index (χ1v) is 5.34. The number of anilines is 1. The van der Waals surface area contributed by atoms with Crippen LogP contribution in [-0.4, -0.2) is 11.5 Å². The first kappa shape index (κ1) is 12.6. The van der Waals surface area contributed by atoms with Gasteiger partial charge in [0.2, 0.25) is 0 Å². The molecule has 0 spiro atoms. The Labute approximate surface area is 101 Å². The minimum Gasteiger partial charge on any atom is -0.385 e. The summed E-state index contributed by atoms with van der Waals surface area (Å²) in [5, 5.41) is 3.12. The van der Waals surface area contributed by atoms with Crippen LogP contribution in [0, 0.1) is 5.82 Å². The quantitative estimate of drug-likeness (QED) is 0.828. The van der Waals surface area contributed by atoms with E-state index in [-0.39, 0.29) is 11.2 Å². The highest BCUT2D eigenvalue weighted by molar-refractivity contribution is 5.91. The molecule has 2 rings (SSSR count). The fraction of sp³-hybridized carbons (Fsp3) is 0.250. The number of pyridine rings is 1. The normalized spacial score (nSPS) is 11.8. The van der Waals surface area contributed by atoms with Crippen molar-refractivity contribution in [2.24, 2.45) is 0 Å². The molecule has 2 nitrogen and oxygen atoms in total. The van der Waals surface area contributed by atoms with Gasteiger partial charge in [-0.05, 0) is 19.1 Å². The molecule has 6 heteroatoms. The molecule has 96 valence electrons. The van der Waals surface area contributed by atoms with E-state index in [2.05, 4.69) is 10.3 Å². The summed E-state index contributed by atoms with van der Waals surface area (Å²) in [5.74, 6) is -0.766. The average molecular weight is 258 g/mol. The number of para-hydroxylation sites is 1. The fourth-order valence-corrected chi connectivity index (χ4v) is 1.70. The van der Waals surface area contributed by atoms with Gasteiger partial charge in [-0.2, -0.15) is 13.2 Å². The van der Waals surface area contributed by atoms with Crippen LogP contribution >= 0.6 is 0 Å². The molecule has 1 N–H and O–H groups in total. The SMILES string of the molecule is CCNc1cc(C(F)(F)F)nc2c(F)cccc12. The van der Waals surface area contributed by atoms with E-state index in [1.807, 2.05) is 0 Å². The van der Waals surface area contributed by atoms with Crippen LogP contribution in [0.4, 0.5) is 23.2 Å². The van der Waals surface area contributed by atoms with Gasteiger partial charge >= 0.3 is 6.18 Å². The lowest BCUT2D eigenvalue weighted by Gasteiger charge is -2.12. The van der Waals surface area contributed by atoms with Crippen LogP contribution in [0.1, 0.15) is 12.6 Å². The maximum atomic E-state index is 13.5. The Morgan fingerprint density at radius 3 is 2.61 bits per heavy atom. The van der Waals surface area contributed by atoms with E-state index in [0.717, 1.165) is 12.1 Å². The Balaban J connectivity index is 2.75. The van der Waals surface area contributed by atoms with E-state index in [4.69, 9.17) is 0 Å². The van der Waals surface area contributed by atoms with Crippen LogP contribution in [0.25, 0.3) is 10.9 Å². The van der Waals surface area contributed by atoms with Crippen molar-refractivity contribution in [3.63, 3.8) is 0 Å². The van der Waals surface area contributed by atoms with Crippen molar-refractivity contribution in [2.75, 3.05) is 11.9 Å². The van der Waals surface area contributed by atoms with Crippen molar-refractivity contribution < 1.29 is 17.6 Å². The number of hydrogen-bond acceptors (Lipinski definition) is 2. The average Bonchev–Trinajstić information content (AvgIpc) is 2.29. The molecule has 0 aliphatic heterocycles. The second-order valence-corrected chi connectivity index (χ2v) is 3.72. The smallest absolute Gasteiger partial charge is 0.385 e. The molecule has 0 aliphatic carbocycles. The third-order valence-corrected chi connectivity index (χ3v) is 2.45. The molecule has 1 aromatic heterocycles. The van der Waals surface area contributed by atoms with E-state index in [0.29, 0.717) is 11.9 Å². The standard InChI is InChI=1S/C12H10F4N2/c1-2-17-9-6-10(12(14,15)16)18-11-7(9)4-3-5-8(11)13/h3-6H,2H2,1H3,(H,17,18). The van der Waals surface area contributed by atoms with Gasteiger partial charge in [0.05, 0.1) is 0 Å². The molecule has 0 atom stereocenters. The topological polar surface area (TPSA) is 24.9 Å². The number of nitrogens with zero attached hydrogens (tertiary/aromatic N) is 1. The number of halogens is 4. The first-order chi connectivity index (χ1) is 8.43. The van der Waals surface area contributed by atoms with Gasteiger partial charge in [-0.25, -0.2) is 9.37 Å². The van der Waals surface area contributed by atoms with Gasteiger partial charge in [0, 0.05) is 17.6 Å². The lowest BCUT2D eigenvalue weighted by atomic mass is 10.1. The number of aromatic nitrogens is 1. The summed E-state index contributed by atoms with van der Waals surface area (Å²) in [4.78, 5) is 3.35. The molecule has 18 heavy (non-hydrogen) atoms. The van der Waals surface area contributed by atoms with E-state index in [1.165, 1.54) is 12.1 Å². The molecule has 0 aliphatic rings. The highest BCUT2D eigenvalue weighted by atomic mass is 19.4. The Hall–Kier alpha value is -1.85. The minimum atomic E-state index is -4.60. The van der Waals surface area contributed by atoms with E-state index < -0.39 is 17.7 Å². The third-order valence-electron chi connectivity index (χ3n) is 2.45. The zero-order chi connectivity index (χ0) is 13.3. The summed E-state index contributed by atoms with van der Waals surface area (Å²) in [6, 6.07) is 4.95. The second kappa shape index (κ2) is 4.44. The number of alkyl halides is 3. The van der Waals surface area contributed by atoms with Crippen LogP contribution in [-0.2, 0) is 6.18 Å². The van der Waals surface area contributed by atoms with Crippen molar-refractivity contribution in [3.05, 3.63) is 35.8 Å². The summed E-state index contributed by atoms with van der Waals surface area (Å²) in [5.41, 5.74) is -1.14. The zero-order valence-electron chi connectivity index (χ0n) is 9.48. The predicted octanol–water partition coefficient (Wildman–Crippen LogP) is 3.82. The molecule has 0 radical (unpaired) electrons. The Morgan fingerprint density at radius 2 is 2.00 bits per heavy atom. The fourth-order valence-electron chi connectivity index (χ4n) is 1.70. The highest BCUT2D eigenvalue weighted by Crippen LogP contribution is 2.33. The van der Waals surface area contributed by atoms with E-state index in [9.17, 15) is 17.6 Å². The summed E-state index contributed by atoms with van der Waals surface area (Å²) in [7, 11) is 0.